The summed E-state index contributed by atoms with van der Waals surface area (Å²) < 4.78 is 0. The fraction of sp³-hybridized carbons (Fsp3) is 0.100. The Morgan fingerprint density at radius 2 is 1.30 bits per heavy atom. The van der Waals surface area contributed by atoms with E-state index < -0.39 is 0 Å². The van der Waals surface area contributed by atoms with E-state index >= 15 is 0 Å². The summed E-state index contributed by atoms with van der Waals surface area (Å²) in [5.41, 5.74) is 2.14. The molecule has 0 N–H and O–H groups in total. The lowest BCUT2D eigenvalue weighted by Gasteiger charge is -2.32. The zero-order valence-corrected chi connectivity index (χ0v) is 12.7. The van der Waals surface area contributed by atoms with Crippen molar-refractivity contribution in [3.05, 3.63) is 83.4 Å². The van der Waals surface area contributed by atoms with E-state index in [4.69, 9.17) is 0 Å². The molecule has 3 aromatic carbocycles. The first kappa shape index (κ1) is 13.7. The third kappa shape index (κ3) is 1.97. The van der Waals surface area contributed by atoms with Crippen LogP contribution in [0, 0.1) is 0 Å². The second-order valence-corrected chi connectivity index (χ2v) is 5.78. The molecule has 3 nitrogen and oxygen atoms in total. The second kappa shape index (κ2) is 5.06. The van der Waals surface area contributed by atoms with Crippen molar-refractivity contribution in [3.8, 4) is 0 Å². The summed E-state index contributed by atoms with van der Waals surface area (Å²) in [6.07, 6.45) is 0. The number of benzene rings is 3. The van der Waals surface area contributed by atoms with Crippen molar-refractivity contribution in [1.29, 1.82) is 0 Å². The second-order valence-electron chi connectivity index (χ2n) is 5.78. The highest BCUT2D eigenvalue weighted by Gasteiger charge is 2.36. The predicted molar refractivity (Wildman–Crippen MR) is 89.3 cm³/mol. The van der Waals surface area contributed by atoms with Gasteiger partial charge in [-0.25, -0.2) is 0 Å². The zero-order valence-electron chi connectivity index (χ0n) is 12.7. The minimum atomic E-state index is -0.306. The SMILES string of the molecule is CC(c1ccccc1)N1C(=O)c2cccc3cccc(c23)C1=O. The van der Waals surface area contributed by atoms with Gasteiger partial charge >= 0.3 is 0 Å². The molecule has 23 heavy (non-hydrogen) atoms. The average Bonchev–Trinajstić information content (AvgIpc) is 2.60. The molecule has 4 rings (SSSR count). The minimum Gasteiger partial charge on any atom is -0.269 e. The summed E-state index contributed by atoms with van der Waals surface area (Å²) in [4.78, 5) is 27.2. The van der Waals surface area contributed by atoms with Crippen LogP contribution in [0.4, 0.5) is 0 Å². The van der Waals surface area contributed by atoms with E-state index in [9.17, 15) is 9.59 Å². The molecule has 0 fully saturated rings. The first-order chi connectivity index (χ1) is 11.2. The molecule has 112 valence electrons. The summed E-state index contributed by atoms with van der Waals surface area (Å²) in [6.45, 7) is 1.89. The largest absolute Gasteiger partial charge is 0.269 e. The monoisotopic (exact) mass is 301 g/mol. The standard InChI is InChI=1S/C20H15NO2/c1-13(14-7-3-2-4-8-14)21-19(22)16-11-5-9-15-10-6-12-17(18(15)16)20(21)23/h2-13H,1H3. The number of rotatable bonds is 2. The fourth-order valence-corrected chi connectivity index (χ4v) is 3.28. The highest BCUT2D eigenvalue weighted by atomic mass is 16.2. The Morgan fingerprint density at radius 3 is 1.87 bits per heavy atom. The molecule has 0 bridgehead atoms. The molecule has 2 amide bonds. The predicted octanol–water partition coefficient (Wildman–Crippen LogP) is 4.20. The summed E-state index contributed by atoms with van der Waals surface area (Å²) >= 11 is 0. The normalized spacial score (nSPS) is 15.1. The van der Waals surface area contributed by atoms with Gasteiger partial charge in [-0.15, -0.1) is 0 Å². The first-order valence-electron chi connectivity index (χ1n) is 7.63. The summed E-state index contributed by atoms with van der Waals surface area (Å²) in [5.74, 6) is -0.452. The summed E-state index contributed by atoms with van der Waals surface area (Å²) in [5, 5.41) is 1.69. The van der Waals surface area contributed by atoms with Crippen molar-refractivity contribution in [3.63, 3.8) is 0 Å². The Labute approximate surface area is 134 Å². The minimum absolute atomic E-state index is 0.226. The first-order valence-corrected chi connectivity index (χ1v) is 7.63. The third-order valence-corrected chi connectivity index (χ3v) is 4.47. The average molecular weight is 301 g/mol. The molecule has 3 heteroatoms. The van der Waals surface area contributed by atoms with Gasteiger partial charge in [0.05, 0.1) is 6.04 Å². The molecule has 1 unspecified atom stereocenters. The molecule has 1 heterocycles. The zero-order chi connectivity index (χ0) is 16.0. The van der Waals surface area contributed by atoms with Crippen LogP contribution in [0.5, 0.6) is 0 Å². The van der Waals surface area contributed by atoms with Gasteiger partial charge in [0, 0.05) is 16.5 Å². The van der Waals surface area contributed by atoms with Crippen LogP contribution in [-0.2, 0) is 0 Å². The van der Waals surface area contributed by atoms with E-state index in [-0.39, 0.29) is 17.9 Å². The van der Waals surface area contributed by atoms with E-state index in [1.54, 1.807) is 12.1 Å². The van der Waals surface area contributed by atoms with Gasteiger partial charge in [-0.1, -0.05) is 54.6 Å². The molecular weight excluding hydrogens is 286 g/mol. The number of hydrogen-bond donors (Lipinski definition) is 0. The molecule has 1 aliphatic rings. The maximum absolute atomic E-state index is 12.9. The highest BCUT2D eigenvalue weighted by Crippen LogP contribution is 2.34. The van der Waals surface area contributed by atoms with Crippen molar-refractivity contribution in [2.45, 2.75) is 13.0 Å². The maximum Gasteiger partial charge on any atom is 0.261 e. The van der Waals surface area contributed by atoms with E-state index in [1.807, 2.05) is 61.5 Å². The van der Waals surface area contributed by atoms with E-state index in [0.717, 1.165) is 16.3 Å². The van der Waals surface area contributed by atoms with Gasteiger partial charge < -0.3 is 0 Å². The van der Waals surface area contributed by atoms with Crippen molar-refractivity contribution in [2.75, 3.05) is 0 Å². The van der Waals surface area contributed by atoms with Gasteiger partial charge in [-0.2, -0.15) is 0 Å². The Morgan fingerprint density at radius 1 is 0.739 bits per heavy atom. The maximum atomic E-state index is 12.9. The van der Waals surface area contributed by atoms with Crippen LogP contribution in [0.25, 0.3) is 10.8 Å². The number of carbonyl (C=O) groups excluding carboxylic acids is 2. The van der Waals surface area contributed by atoms with Gasteiger partial charge in [0.2, 0.25) is 0 Å². The van der Waals surface area contributed by atoms with Crippen LogP contribution in [0.3, 0.4) is 0 Å². The molecule has 1 atom stereocenters. The van der Waals surface area contributed by atoms with Gasteiger partial charge in [-0.05, 0) is 30.0 Å². The molecule has 0 saturated carbocycles. The molecular formula is C20H15NO2. The summed E-state index contributed by atoms with van der Waals surface area (Å²) in [6, 6.07) is 20.5. The van der Waals surface area contributed by atoms with Gasteiger partial charge in [0.15, 0.2) is 0 Å². The summed E-state index contributed by atoms with van der Waals surface area (Å²) in [7, 11) is 0. The number of carbonyl (C=O) groups is 2. The molecule has 0 radical (unpaired) electrons. The number of imide groups is 1. The van der Waals surface area contributed by atoms with Crippen LogP contribution in [0.1, 0.15) is 39.2 Å². The van der Waals surface area contributed by atoms with Crippen LogP contribution >= 0.6 is 0 Å². The number of amides is 2. The lowest BCUT2D eigenvalue weighted by molar-refractivity contribution is 0.0550. The van der Waals surface area contributed by atoms with E-state index in [0.29, 0.717) is 11.1 Å². The Balaban J connectivity index is 1.90. The van der Waals surface area contributed by atoms with E-state index in [1.165, 1.54) is 4.90 Å². The van der Waals surface area contributed by atoms with Crippen molar-refractivity contribution in [2.24, 2.45) is 0 Å². The van der Waals surface area contributed by atoms with Gasteiger partial charge in [-0.3, -0.25) is 14.5 Å². The Hall–Kier alpha value is -2.94. The third-order valence-electron chi connectivity index (χ3n) is 4.47. The Bertz CT molecular complexity index is 880. The van der Waals surface area contributed by atoms with Crippen molar-refractivity contribution < 1.29 is 9.59 Å². The van der Waals surface area contributed by atoms with Crippen molar-refractivity contribution in [1.82, 2.24) is 4.90 Å². The van der Waals surface area contributed by atoms with E-state index in [2.05, 4.69) is 0 Å². The molecule has 0 aliphatic carbocycles. The molecule has 0 aromatic heterocycles. The fourth-order valence-electron chi connectivity index (χ4n) is 3.28. The molecule has 1 aliphatic heterocycles. The number of nitrogens with zero attached hydrogens (tertiary/aromatic N) is 1. The van der Waals surface area contributed by atoms with Crippen molar-refractivity contribution >= 4 is 22.6 Å². The molecule has 3 aromatic rings. The lowest BCUT2D eigenvalue weighted by atomic mass is 9.92. The molecule has 0 saturated heterocycles. The van der Waals surface area contributed by atoms with Crippen LogP contribution < -0.4 is 0 Å². The van der Waals surface area contributed by atoms with Crippen LogP contribution in [-0.4, -0.2) is 16.7 Å². The Kier molecular flexibility index (Phi) is 3.01. The highest BCUT2D eigenvalue weighted by molar-refractivity contribution is 6.25. The molecule has 0 spiro atoms. The van der Waals surface area contributed by atoms with Gasteiger partial charge in [0.25, 0.3) is 11.8 Å². The smallest absolute Gasteiger partial charge is 0.261 e. The van der Waals surface area contributed by atoms with Crippen LogP contribution in [0.2, 0.25) is 0 Å². The lowest BCUT2D eigenvalue weighted by Crippen LogP contribution is -2.41. The van der Waals surface area contributed by atoms with Gasteiger partial charge in [0.1, 0.15) is 0 Å². The number of hydrogen-bond acceptors (Lipinski definition) is 2. The quantitative estimate of drug-likeness (QED) is 0.665. The topological polar surface area (TPSA) is 37.4 Å². The van der Waals surface area contributed by atoms with Crippen LogP contribution in [0.15, 0.2) is 66.7 Å².